The van der Waals surface area contributed by atoms with Crippen LogP contribution in [0.2, 0.25) is 0 Å². The highest BCUT2D eigenvalue weighted by Gasteiger charge is 2.11. The number of aromatic amines is 1. The molecule has 72 valence electrons. The topological polar surface area (TPSA) is 44.9 Å². The van der Waals surface area contributed by atoms with Gasteiger partial charge in [0.05, 0.1) is 5.56 Å². The van der Waals surface area contributed by atoms with Crippen molar-refractivity contribution in [3.8, 4) is 0 Å². The van der Waals surface area contributed by atoms with Gasteiger partial charge < -0.3 is 10.3 Å². The number of aryl methyl sites for hydroxylation is 2. The molecule has 0 aliphatic rings. The molecule has 0 radical (unpaired) electrons. The first-order chi connectivity index (χ1) is 6.00. The normalized spacial score (nSPS) is 10.5. The molecule has 0 saturated carbocycles. The van der Waals surface area contributed by atoms with Crippen molar-refractivity contribution in [2.45, 2.75) is 33.7 Å². The Bertz CT molecular complexity index is 313. The molecule has 2 N–H and O–H groups in total. The Labute approximate surface area is 78.5 Å². The zero-order valence-corrected chi connectivity index (χ0v) is 8.56. The van der Waals surface area contributed by atoms with E-state index in [4.69, 9.17) is 0 Å². The van der Waals surface area contributed by atoms with E-state index in [2.05, 4.69) is 10.3 Å². The Morgan fingerprint density at radius 2 is 2.08 bits per heavy atom. The maximum Gasteiger partial charge on any atom is 0.253 e. The van der Waals surface area contributed by atoms with Crippen LogP contribution in [0.25, 0.3) is 0 Å². The molecule has 1 rings (SSSR count). The van der Waals surface area contributed by atoms with Gasteiger partial charge in [-0.05, 0) is 33.8 Å². The quantitative estimate of drug-likeness (QED) is 0.715. The van der Waals surface area contributed by atoms with Gasteiger partial charge in [0.15, 0.2) is 0 Å². The average molecular weight is 180 g/mol. The van der Waals surface area contributed by atoms with E-state index in [1.54, 1.807) is 0 Å². The number of carbonyl (C=O) groups excluding carboxylic acids is 1. The van der Waals surface area contributed by atoms with Gasteiger partial charge in [-0.1, -0.05) is 0 Å². The van der Waals surface area contributed by atoms with Gasteiger partial charge >= 0.3 is 0 Å². The fourth-order valence-corrected chi connectivity index (χ4v) is 1.30. The van der Waals surface area contributed by atoms with E-state index in [1.807, 2.05) is 33.8 Å². The Morgan fingerprint density at radius 1 is 1.46 bits per heavy atom. The van der Waals surface area contributed by atoms with Crippen LogP contribution >= 0.6 is 0 Å². The lowest BCUT2D eigenvalue weighted by atomic mass is 10.2. The fourth-order valence-electron chi connectivity index (χ4n) is 1.30. The summed E-state index contributed by atoms with van der Waals surface area (Å²) < 4.78 is 0. The van der Waals surface area contributed by atoms with E-state index in [0.29, 0.717) is 0 Å². The predicted molar refractivity (Wildman–Crippen MR) is 52.9 cm³/mol. The first-order valence-electron chi connectivity index (χ1n) is 4.47. The third kappa shape index (κ3) is 2.34. The van der Waals surface area contributed by atoms with Crippen molar-refractivity contribution in [1.29, 1.82) is 0 Å². The molecule has 0 fully saturated rings. The van der Waals surface area contributed by atoms with Crippen molar-refractivity contribution in [1.82, 2.24) is 10.3 Å². The number of carbonyl (C=O) groups is 1. The second-order valence-electron chi connectivity index (χ2n) is 3.62. The molecule has 3 nitrogen and oxygen atoms in total. The molecule has 1 aromatic heterocycles. The van der Waals surface area contributed by atoms with Crippen molar-refractivity contribution in [3.05, 3.63) is 23.0 Å². The van der Waals surface area contributed by atoms with E-state index in [0.717, 1.165) is 17.0 Å². The number of amides is 1. The average Bonchev–Trinajstić information content (AvgIpc) is 2.28. The number of hydrogen-bond acceptors (Lipinski definition) is 1. The number of hydrogen-bond donors (Lipinski definition) is 2. The van der Waals surface area contributed by atoms with Gasteiger partial charge in [-0.2, -0.15) is 0 Å². The minimum Gasteiger partial charge on any atom is -0.362 e. The molecule has 1 aromatic rings. The summed E-state index contributed by atoms with van der Waals surface area (Å²) >= 11 is 0. The van der Waals surface area contributed by atoms with Gasteiger partial charge in [-0.15, -0.1) is 0 Å². The van der Waals surface area contributed by atoms with Gasteiger partial charge in [-0.3, -0.25) is 4.79 Å². The third-order valence-electron chi connectivity index (χ3n) is 1.81. The molecule has 3 heteroatoms. The number of aromatic nitrogens is 1. The molecular formula is C10H16N2O. The molecule has 0 saturated heterocycles. The number of H-pyrrole nitrogens is 1. The van der Waals surface area contributed by atoms with Crippen molar-refractivity contribution in [2.24, 2.45) is 0 Å². The lowest BCUT2D eigenvalue weighted by Gasteiger charge is -2.07. The zero-order chi connectivity index (χ0) is 10.0. The molecule has 0 aromatic carbocycles. The first kappa shape index (κ1) is 9.84. The van der Waals surface area contributed by atoms with Crippen LogP contribution < -0.4 is 5.32 Å². The van der Waals surface area contributed by atoms with Gasteiger partial charge in [-0.25, -0.2) is 0 Å². The van der Waals surface area contributed by atoms with Crippen LogP contribution in [0, 0.1) is 13.8 Å². The molecule has 0 spiro atoms. The molecule has 0 unspecified atom stereocenters. The number of rotatable bonds is 2. The minimum atomic E-state index is -0.00292. The largest absolute Gasteiger partial charge is 0.362 e. The van der Waals surface area contributed by atoms with Crippen LogP contribution in [0.15, 0.2) is 6.07 Å². The van der Waals surface area contributed by atoms with E-state index in [9.17, 15) is 4.79 Å². The van der Waals surface area contributed by atoms with Crippen LogP contribution in [0.3, 0.4) is 0 Å². The highest BCUT2D eigenvalue weighted by atomic mass is 16.1. The van der Waals surface area contributed by atoms with E-state index in [1.165, 1.54) is 0 Å². The fraction of sp³-hybridized carbons (Fsp3) is 0.500. The van der Waals surface area contributed by atoms with Crippen molar-refractivity contribution in [3.63, 3.8) is 0 Å². The van der Waals surface area contributed by atoms with Crippen molar-refractivity contribution >= 4 is 5.91 Å². The van der Waals surface area contributed by atoms with Crippen LogP contribution in [-0.4, -0.2) is 16.9 Å². The molecule has 0 bridgehead atoms. The van der Waals surface area contributed by atoms with Crippen LogP contribution in [-0.2, 0) is 0 Å². The first-order valence-corrected chi connectivity index (χ1v) is 4.47. The predicted octanol–water partition coefficient (Wildman–Crippen LogP) is 1.77. The standard InChI is InChI=1S/C10H16N2O/c1-6(2)11-10(13)9-5-7(3)12-8(9)4/h5-6,12H,1-4H3,(H,11,13). The lowest BCUT2D eigenvalue weighted by Crippen LogP contribution is -2.30. The molecule has 1 amide bonds. The molecule has 1 heterocycles. The van der Waals surface area contributed by atoms with E-state index >= 15 is 0 Å². The van der Waals surface area contributed by atoms with Gasteiger partial charge in [0.25, 0.3) is 5.91 Å². The summed E-state index contributed by atoms with van der Waals surface area (Å²) in [4.78, 5) is 14.7. The van der Waals surface area contributed by atoms with Gasteiger partial charge in [0.2, 0.25) is 0 Å². The van der Waals surface area contributed by atoms with E-state index < -0.39 is 0 Å². The Hall–Kier alpha value is -1.25. The monoisotopic (exact) mass is 180 g/mol. The highest BCUT2D eigenvalue weighted by Crippen LogP contribution is 2.08. The summed E-state index contributed by atoms with van der Waals surface area (Å²) in [6.07, 6.45) is 0. The highest BCUT2D eigenvalue weighted by molar-refractivity contribution is 5.95. The molecule has 0 aliphatic heterocycles. The Kier molecular flexibility index (Phi) is 2.76. The van der Waals surface area contributed by atoms with Crippen molar-refractivity contribution in [2.75, 3.05) is 0 Å². The molecular weight excluding hydrogens is 164 g/mol. The second kappa shape index (κ2) is 3.64. The summed E-state index contributed by atoms with van der Waals surface area (Å²) in [6, 6.07) is 2.05. The smallest absolute Gasteiger partial charge is 0.253 e. The summed E-state index contributed by atoms with van der Waals surface area (Å²) in [5, 5.41) is 2.85. The molecule has 13 heavy (non-hydrogen) atoms. The minimum absolute atomic E-state index is 0.00292. The lowest BCUT2D eigenvalue weighted by molar-refractivity contribution is 0.0942. The zero-order valence-electron chi connectivity index (χ0n) is 8.56. The summed E-state index contributed by atoms with van der Waals surface area (Å²) in [5.74, 6) is -0.00292. The summed E-state index contributed by atoms with van der Waals surface area (Å²) in [6.45, 7) is 7.75. The van der Waals surface area contributed by atoms with Crippen LogP contribution in [0.1, 0.15) is 35.6 Å². The van der Waals surface area contributed by atoms with Crippen LogP contribution in [0.5, 0.6) is 0 Å². The number of nitrogens with one attached hydrogen (secondary N) is 2. The Balaban J connectivity index is 2.82. The summed E-state index contributed by atoms with van der Waals surface area (Å²) in [7, 11) is 0. The second-order valence-corrected chi connectivity index (χ2v) is 3.62. The van der Waals surface area contributed by atoms with Crippen LogP contribution in [0.4, 0.5) is 0 Å². The maximum atomic E-state index is 11.6. The third-order valence-corrected chi connectivity index (χ3v) is 1.81. The SMILES string of the molecule is Cc1cc(C(=O)NC(C)C)c(C)[nH]1. The van der Waals surface area contributed by atoms with Gasteiger partial charge in [0.1, 0.15) is 0 Å². The molecule has 0 atom stereocenters. The maximum absolute atomic E-state index is 11.6. The van der Waals surface area contributed by atoms with E-state index in [-0.39, 0.29) is 11.9 Å². The molecule has 0 aliphatic carbocycles. The Morgan fingerprint density at radius 3 is 2.46 bits per heavy atom. The van der Waals surface area contributed by atoms with Gasteiger partial charge in [0, 0.05) is 17.4 Å². The summed E-state index contributed by atoms with van der Waals surface area (Å²) in [5.41, 5.74) is 2.69. The van der Waals surface area contributed by atoms with Crippen molar-refractivity contribution < 1.29 is 4.79 Å².